The van der Waals surface area contributed by atoms with Gasteiger partial charge in [-0.05, 0) is 40.8 Å². The van der Waals surface area contributed by atoms with Gasteiger partial charge < -0.3 is 9.73 Å². The largest absolute Gasteiger partial charge is 0.466 e. The third-order valence-electron chi connectivity index (χ3n) is 3.33. The standard InChI is InChI=1S/C12H21NO3S/c1-8-7-10(9(2)16-8)11(13-5)12(3,4)17(6,14)15/h7,11,13H,1-6H3. The average Bonchev–Trinajstić information content (AvgIpc) is 2.44. The first-order chi connectivity index (χ1) is 7.61. The Bertz CT molecular complexity index is 500. The summed E-state index contributed by atoms with van der Waals surface area (Å²) in [7, 11) is -1.41. The Hall–Kier alpha value is -0.810. The van der Waals surface area contributed by atoms with Crippen LogP contribution in [-0.2, 0) is 9.84 Å². The van der Waals surface area contributed by atoms with Crippen LogP contribution >= 0.6 is 0 Å². The van der Waals surface area contributed by atoms with E-state index in [1.165, 1.54) is 6.26 Å². The lowest BCUT2D eigenvalue weighted by molar-refractivity contribution is 0.433. The molecule has 17 heavy (non-hydrogen) atoms. The van der Waals surface area contributed by atoms with E-state index in [-0.39, 0.29) is 6.04 Å². The summed E-state index contributed by atoms with van der Waals surface area (Å²) in [6.45, 7) is 7.16. The second kappa shape index (κ2) is 4.46. The van der Waals surface area contributed by atoms with E-state index in [4.69, 9.17) is 4.42 Å². The van der Waals surface area contributed by atoms with Gasteiger partial charge in [-0.25, -0.2) is 8.42 Å². The van der Waals surface area contributed by atoms with Crippen LogP contribution in [0.2, 0.25) is 0 Å². The first-order valence-corrected chi connectivity index (χ1v) is 7.44. The molecular weight excluding hydrogens is 238 g/mol. The van der Waals surface area contributed by atoms with Crippen LogP contribution < -0.4 is 5.32 Å². The number of nitrogens with one attached hydrogen (secondary N) is 1. The fraction of sp³-hybridized carbons (Fsp3) is 0.667. The fourth-order valence-corrected chi connectivity index (χ4v) is 2.70. The van der Waals surface area contributed by atoms with Gasteiger partial charge in [0, 0.05) is 11.8 Å². The fourth-order valence-electron chi connectivity index (χ4n) is 2.03. The van der Waals surface area contributed by atoms with E-state index in [2.05, 4.69) is 5.32 Å². The van der Waals surface area contributed by atoms with Crippen molar-refractivity contribution in [3.8, 4) is 0 Å². The van der Waals surface area contributed by atoms with Gasteiger partial charge in [-0.15, -0.1) is 0 Å². The Labute approximate surface area is 103 Å². The highest BCUT2D eigenvalue weighted by Gasteiger charge is 2.40. The topological polar surface area (TPSA) is 59.3 Å². The van der Waals surface area contributed by atoms with Crippen molar-refractivity contribution >= 4 is 9.84 Å². The zero-order chi connectivity index (χ0) is 13.4. The molecule has 0 radical (unpaired) electrons. The van der Waals surface area contributed by atoms with Crippen molar-refractivity contribution in [2.24, 2.45) is 0 Å². The Morgan fingerprint density at radius 2 is 1.88 bits per heavy atom. The molecule has 0 amide bonds. The molecule has 0 aliphatic rings. The lowest BCUT2D eigenvalue weighted by Crippen LogP contribution is -2.43. The molecule has 4 nitrogen and oxygen atoms in total. The number of hydrogen-bond donors (Lipinski definition) is 1. The Kier molecular flexibility index (Phi) is 3.74. The van der Waals surface area contributed by atoms with Gasteiger partial charge >= 0.3 is 0 Å². The number of sulfone groups is 1. The maximum absolute atomic E-state index is 11.9. The van der Waals surface area contributed by atoms with Crippen molar-refractivity contribution in [3.05, 3.63) is 23.2 Å². The molecule has 1 aromatic rings. The van der Waals surface area contributed by atoms with Gasteiger partial charge in [-0.2, -0.15) is 0 Å². The predicted octanol–water partition coefficient (Wildman–Crippen LogP) is 1.98. The maximum atomic E-state index is 11.9. The maximum Gasteiger partial charge on any atom is 0.154 e. The van der Waals surface area contributed by atoms with Crippen LogP contribution in [0.25, 0.3) is 0 Å². The summed E-state index contributed by atoms with van der Waals surface area (Å²) in [5, 5.41) is 3.08. The molecule has 98 valence electrons. The first-order valence-electron chi connectivity index (χ1n) is 5.55. The summed E-state index contributed by atoms with van der Waals surface area (Å²) in [6.07, 6.45) is 1.26. The van der Waals surface area contributed by atoms with Crippen molar-refractivity contribution in [3.63, 3.8) is 0 Å². The number of rotatable bonds is 4. The van der Waals surface area contributed by atoms with Gasteiger partial charge in [0.15, 0.2) is 9.84 Å². The van der Waals surface area contributed by atoms with Crippen molar-refractivity contribution < 1.29 is 12.8 Å². The number of furan rings is 1. The van der Waals surface area contributed by atoms with Crippen LogP contribution in [0.5, 0.6) is 0 Å². The molecule has 1 N–H and O–H groups in total. The number of hydrogen-bond acceptors (Lipinski definition) is 4. The molecule has 0 aliphatic heterocycles. The molecule has 5 heteroatoms. The van der Waals surface area contributed by atoms with E-state index >= 15 is 0 Å². The normalized spacial score (nSPS) is 14.9. The summed E-state index contributed by atoms with van der Waals surface area (Å²) in [5.41, 5.74) is 0.903. The van der Waals surface area contributed by atoms with E-state index in [0.717, 1.165) is 17.1 Å². The SMILES string of the molecule is CNC(c1cc(C)oc1C)C(C)(C)S(C)(=O)=O. The van der Waals surface area contributed by atoms with E-state index in [1.807, 2.05) is 19.9 Å². The van der Waals surface area contributed by atoms with Crippen LogP contribution in [0.4, 0.5) is 0 Å². The van der Waals surface area contributed by atoms with Crippen molar-refractivity contribution in [2.75, 3.05) is 13.3 Å². The number of aryl methyl sites for hydroxylation is 2. The Morgan fingerprint density at radius 1 is 1.35 bits per heavy atom. The van der Waals surface area contributed by atoms with Crippen LogP contribution in [-0.4, -0.2) is 26.5 Å². The summed E-state index contributed by atoms with van der Waals surface area (Å²) < 4.78 is 28.3. The highest BCUT2D eigenvalue weighted by molar-refractivity contribution is 7.92. The van der Waals surface area contributed by atoms with Crippen LogP contribution in [0.3, 0.4) is 0 Å². The monoisotopic (exact) mass is 259 g/mol. The zero-order valence-electron chi connectivity index (χ0n) is 11.3. The Balaban J connectivity index is 3.30. The molecule has 1 unspecified atom stereocenters. The van der Waals surface area contributed by atoms with Crippen molar-refractivity contribution in [1.29, 1.82) is 0 Å². The van der Waals surface area contributed by atoms with Gasteiger partial charge in [-0.3, -0.25) is 0 Å². The van der Waals surface area contributed by atoms with E-state index in [1.54, 1.807) is 20.9 Å². The molecule has 0 saturated heterocycles. The summed E-state index contributed by atoms with van der Waals surface area (Å²) >= 11 is 0. The lowest BCUT2D eigenvalue weighted by Gasteiger charge is -2.32. The zero-order valence-corrected chi connectivity index (χ0v) is 12.1. The average molecular weight is 259 g/mol. The smallest absolute Gasteiger partial charge is 0.154 e. The van der Waals surface area contributed by atoms with Crippen molar-refractivity contribution in [1.82, 2.24) is 5.32 Å². The second-order valence-electron chi connectivity index (χ2n) is 4.97. The lowest BCUT2D eigenvalue weighted by atomic mass is 9.95. The van der Waals surface area contributed by atoms with Crippen molar-refractivity contribution in [2.45, 2.75) is 38.5 Å². The second-order valence-corrected chi connectivity index (χ2v) is 7.56. The summed E-state index contributed by atoms with van der Waals surface area (Å²) in [4.78, 5) is 0. The minimum absolute atomic E-state index is 0.282. The Morgan fingerprint density at radius 3 is 2.18 bits per heavy atom. The minimum atomic E-state index is -3.17. The molecule has 0 spiro atoms. The molecule has 0 aromatic carbocycles. The highest BCUT2D eigenvalue weighted by atomic mass is 32.2. The van der Waals surface area contributed by atoms with E-state index in [0.29, 0.717) is 0 Å². The summed E-state index contributed by atoms with van der Waals surface area (Å²) in [5.74, 6) is 1.56. The molecule has 0 aliphatic carbocycles. The van der Waals surface area contributed by atoms with Crippen LogP contribution in [0, 0.1) is 13.8 Å². The van der Waals surface area contributed by atoms with Gasteiger partial charge in [0.25, 0.3) is 0 Å². The molecule has 1 heterocycles. The summed E-state index contributed by atoms with van der Waals surface area (Å²) in [6, 6.07) is 1.61. The van der Waals surface area contributed by atoms with Gasteiger partial charge in [0.1, 0.15) is 11.5 Å². The first kappa shape index (κ1) is 14.3. The predicted molar refractivity (Wildman–Crippen MR) is 68.9 cm³/mol. The van der Waals surface area contributed by atoms with Gasteiger partial charge in [0.2, 0.25) is 0 Å². The third-order valence-corrected chi connectivity index (χ3v) is 5.48. The molecule has 0 fully saturated rings. The minimum Gasteiger partial charge on any atom is -0.466 e. The molecule has 1 rings (SSSR count). The van der Waals surface area contributed by atoms with E-state index < -0.39 is 14.6 Å². The molecule has 1 aromatic heterocycles. The van der Waals surface area contributed by atoms with Crippen LogP contribution in [0.1, 0.15) is 37.0 Å². The molecule has 0 bridgehead atoms. The van der Waals surface area contributed by atoms with Gasteiger partial charge in [0.05, 0.1) is 10.8 Å². The quantitative estimate of drug-likeness (QED) is 0.898. The molecular formula is C12H21NO3S. The van der Waals surface area contributed by atoms with E-state index in [9.17, 15) is 8.42 Å². The van der Waals surface area contributed by atoms with Gasteiger partial charge in [-0.1, -0.05) is 0 Å². The van der Waals surface area contributed by atoms with Crippen LogP contribution in [0.15, 0.2) is 10.5 Å². The molecule has 0 saturated carbocycles. The molecule has 1 atom stereocenters. The highest BCUT2D eigenvalue weighted by Crippen LogP contribution is 2.34. The third kappa shape index (κ3) is 2.55.